The molecule has 0 aliphatic carbocycles. The lowest BCUT2D eigenvalue weighted by molar-refractivity contribution is 0.319. The van der Waals surface area contributed by atoms with Gasteiger partial charge in [0.2, 0.25) is 0 Å². The molecule has 21 heavy (non-hydrogen) atoms. The van der Waals surface area contributed by atoms with Crippen LogP contribution in [0.15, 0.2) is 60.8 Å². The average molecular weight is 277 g/mol. The molecule has 0 saturated carbocycles. The standard InChI is InChI=1S/C18H19N3/c1-21(12-14-4-2-6-17(19)11-14)13-15-7-8-18-16(10-15)5-3-9-20-18/h2-11H,12-13,19H2,1H3. The number of nitrogen functional groups attached to an aromatic ring is 1. The molecule has 3 rings (SSSR count). The molecule has 0 atom stereocenters. The Morgan fingerprint density at radius 3 is 2.57 bits per heavy atom. The van der Waals surface area contributed by atoms with Crippen molar-refractivity contribution in [3.63, 3.8) is 0 Å². The number of hydrogen-bond donors (Lipinski definition) is 1. The first-order valence-electron chi connectivity index (χ1n) is 7.07. The predicted octanol–water partition coefficient (Wildman–Crippen LogP) is 3.45. The normalized spacial score (nSPS) is 11.1. The van der Waals surface area contributed by atoms with Gasteiger partial charge in [0.05, 0.1) is 5.52 Å². The second-order valence-corrected chi connectivity index (χ2v) is 5.45. The Balaban J connectivity index is 1.72. The number of aromatic nitrogens is 1. The highest BCUT2D eigenvalue weighted by atomic mass is 15.1. The summed E-state index contributed by atoms with van der Waals surface area (Å²) in [4.78, 5) is 6.64. The van der Waals surface area contributed by atoms with Crippen LogP contribution in [0.3, 0.4) is 0 Å². The first-order valence-corrected chi connectivity index (χ1v) is 7.07. The Morgan fingerprint density at radius 1 is 0.952 bits per heavy atom. The average Bonchev–Trinajstić information content (AvgIpc) is 2.47. The Morgan fingerprint density at radius 2 is 1.76 bits per heavy atom. The molecule has 0 radical (unpaired) electrons. The van der Waals surface area contributed by atoms with Gasteiger partial charge >= 0.3 is 0 Å². The fourth-order valence-corrected chi connectivity index (χ4v) is 2.59. The van der Waals surface area contributed by atoms with Gasteiger partial charge in [-0.1, -0.05) is 24.3 Å². The van der Waals surface area contributed by atoms with Crippen molar-refractivity contribution in [2.24, 2.45) is 0 Å². The maximum atomic E-state index is 5.82. The van der Waals surface area contributed by atoms with Gasteiger partial charge in [-0.3, -0.25) is 9.88 Å². The highest BCUT2D eigenvalue weighted by Gasteiger charge is 2.03. The van der Waals surface area contributed by atoms with Gasteiger partial charge in [0.15, 0.2) is 0 Å². The van der Waals surface area contributed by atoms with Crippen LogP contribution in [0.4, 0.5) is 5.69 Å². The molecular formula is C18H19N3. The second-order valence-electron chi connectivity index (χ2n) is 5.45. The van der Waals surface area contributed by atoms with E-state index in [9.17, 15) is 0 Å². The van der Waals surface area contributed by atoms with Gasteiger partial charge in [-0.15, -0.1) is 0 Å². The summed E-state index contributed by atoms with van der Waals surface area (Å²) in [6, 6.07) is 18.6. The van der Waals surface area contributed by atoms with Crippen LogP contribution < -0.4 is 5.73 Å². The third kappa shape index (κ3) is 3.38. The number of fused-ring (bicyclic) bond motifs is 1. The van der Waals surface area contributed by atoms with Crippen LogP contribution in [0.1, 0.15) is 11.1 Å². The van der Waals surface area contributed by atoms with Gasteiger partial charge < -0.3 is 5.73 Å². The van der Waals surface area contributed by atoms with Crippen molar-refractivity contribution in [1.29, 1.82) is 0 Å². The van der Waals surface area contributed by atoms with Gasteiger partial charge in [-0.25, -0.2) is 0 Å². The predicted molar refractivity (Wildman–Crippen MR) is 87.8 cm³/mol. The number of benzene rings is 2. The van der Waals surface area contributed by atoms with E-state index in [0.29, 0.717) is 0 Å². The smallest absolute Gasteiger partial charge is 0.0702 e. The molecule has 0 unspecified atom stereocenters. The van der Waals surface area contributed by atoms with E-state index in [1.54, 1.807) is 0 Å². The van der Waals surface area contributed by atoms with Crippen molar-refractivity contribution in [1.82, 2.24) is 9.88 Å². The molecule has 3 nitrogen and oxygen atoms in total. The zero-order valence-corrected chi connectivity index (χ0v) is 12.2. The van der Waals surface area contributed by atoms with Crippen LogP contribution in [0, 0.1) is 0 Å². The van der Waals surface area contributed by atoms with Crippen LogP contribution in [0.2, 0.25) is 0 Å². The summed E-state index contributed by atoms with van der Waals surface area (Å²) < 4.78 is 0. The number of pyridine rings is 1. The topological polar surface area (TPSA) is 42.1 Å². The summed E-state index contributed by atoms with van der Waals surface area (Å²) in [7, 11) is 2.12. The van der Waals surface area contributed by atoms with E-state index < -0.39 is 0 Å². The van der Waals surface area contributed by atoms with Crippen LogP contribution in [-0.4, -0.2) is 16.9 Å². The van der Waals surface area contributed by atoms with E-state index in [-0.39, 0.29) is 0 Å². The van der Waals surface area contributed by atoms with Crippen LogP contribution in [0.5, 0.6) is 0 Å². The minimum Gasteiger partial charge on any atom is -0.399 e. The van der Waals surface area contributed by atoms with Gasteiger partial charge in [-0.05, 0) is 48.5 Å². The Bertz CT molecular complexity index is 752. The summed E-state index contributed by atoms with van der Waals surface area (Å²) in [6.45, 7) is 1.79. The fraction of sp³-hybridized carbons (Fsp3) is 0.167. The van der Waals surface area contributed by atoms with E-state index >= 15 is 0 Å². The Hall–Kier alpha value is -2.39. The highest BCUT2D eigenvalue weighted by Crippen LogP contribution is 2.16. The molecular weight excluding hydrogens is 258 g/mol. The van der Waals surface area contributed by atoms with Gasteiger partial charge in [0.1, 0.15) is 0 Å². The quantitative estimate of drug-likeness (QED) is 0.743. The summed E-state index contributed by atoms with van der Waals surface area (Å²) in [5.41, 5.74) is 10.2. The third-order valence-corrected chi connectivity index (χ3v) is 3.52. The van der Waals surface area contributed by atoms with Crippen LogP contribution in [0.25, 0.3) is 10.9 Å². The summed E-state index contributed by atoms with van der Waals surface area (Å²) in [5.74, 6) is 0. The van der Waals surface area contributed by atoms with E-state index in [4.69, 9.17) is 5.73 Å². The number of rotatable bonds is 4. The molecule has 0 amide bonds. The van der Waals surface area contributed by atoms with Gasteiger partial charge in [0.25, 0.3) is 0 Å². The molecule has 0 spiro atoms. The first kappa shape index (κ1) is 13.6. The van der Waals surface area contributed by atoms with Gasteiger partial charge in [0, 0.05) is 30.4 Å². The molecule has 0 aliphatic heterocycles. The zero-order valence-electron chi connectivity index (χ0n) is 12.2. The minimum absolute atomic E-state index is 0.817. The summed E-state index contributed by atoms with van der Waals surface area (Å²) in [5, 5.41) is 1.19. The summed E-state index contributed by atoms with van der Waals surface area (Å²) >= 11 is 0. The van der Waals surface area contributed by atoms with Crippen molar-refractivity contribution in [3.05, 3.63) is 71.9 Å². The zero-order chi connectivity index (χ0) is 14.7. The Kier molecular flexibility index (Phi) is 3.84. The lowest BCUT2D eigenvalue weighted by atomic mass is 10.1. The van der Waals surface area contributed by atoms with Crippen molar-refractivity contribution in [2.45, 2.75) is 13.1 Å². The number of anilines is 1. The van der Waals surface area contributed by atoms with E-state index in [1.165, 1.54) is 16.5 Å². The molecule has 3 heteroatoms. The molecule has 3 aromatic rings. The molecule has 1 aromatic heterocycles. The molecule has 1 heterocycles. The first-order chi connectivity index (χ1) is 10.2. The van der Waals surface area contributed by atoms with E-state index in [0.717, 1.165) is 24.3 Å². The lowest BCUT2D eigenvalue weighted by Crippen LogP contribution is -2.17. The largest absolute Gasteiger partial charge is 0.399 e. The molecule has 0 saturated heterocycles. The van der Waals surface area contributed by atoms with Crippen molar-refractivity contribution in [2.75, 3.05) is 12.8 Å². The van der Waals surface area contributed by atoms with Crippen molar-refractivity contribution in [3.8, 4) is 0 Å². The lowest BCUT2D eigenvalue weighted by Gasteiger charge is -2.17. The highest BCUT2D eigenvalue weighted by molar-refractivity contribution is 5.78. The Labute approximate surface area is 125 Å². The van der Waals surface area contributed by atoms with E-state index in [2.05, 4.69) is 47.3 Å². The third-order valence-electron chi connectivity index (χ3n) is 3.52. The molecule has 0 fully saturated rings. The molecule has 106 valence electrons. The SMILES string of the molecule is CN(Cc1cccc(N)c1)Cc1ccc2ncccc2c1. The second kappa shape index (κ2) is 5.94. The molecule has 0 bridgehead atoms. The minimum atomic E-state index is 0.817. The number of hydrogen-bond acceptors (Lipinski definition) is 3. The van der Waals surface area contributed by atoms with Crippen LogP contribution in [-0.2, 0) is 13.1 Å². The molecule has 0 aliphatic rings. The van der Waals surface area contributed by atoms with Crippen LogP contribution >= 0.6 is 0 Å². The maximum Gasteiger partial charge on any atom is 0.0702 e. The number of nitrogens with zero attached hydrogens (tertiary/aromatic N) is 2. The van der Waals surface area contributed by atoms with Gasteiger partial charge in [-0.2, -0.15) is 0 Å². The monoisotopic (exact) mass is 277 g/mol. The summed E-state index contributed by atoms with van der Waals surface area (Å²) in [6.07, 6.45) is 1.83. The van der Waals surface area contributed by atoms with Crippen molar-refractivity contribution < 1.29 is 0 Å². The maximum absolute atomic E-state index is 5.82. The molecule has 2 aromatic carbocycles. The van der Waals surface area contributed by atoms with E-state index in [1.807, 2.05) is 30.5 Å². The molecule has 2 N–H and O–H groups in total. The van der Waals surface area contributed by atoms with Crippen molar-refractivity contribution >= 4 is 16.6 Å². The number of nitrogens with two attached hydrogens (primary N) is 1. The fourth-order valence-electron chi connectivity index (χ4n) is 2.59.